The Hall–Kier alpha value is -2.75. The molecule has 0 aromatic heterocycles. The molecule has 180 valence electrons. The van der Waals surface area contributed by atoms with Gasteiger partial charge in [-0.15, -0.1) is 0 Å². The number of carbonyl (C=O) groups is 1. The van der Waals surface area contributed by atoms with E-state index in [0.717, 1.165) is 55.4 Å². The van der Waals surface area contributed by atoms with Crippen LogP contribution in [0.5, 0.6) is 11.5 Å². The molecule has 0 radical (unpaired) electrons. The highest BCUT2D eigenvalue weighted by Gasteiger charge is 2.46. The first-order valence-electron chi connectivity index (χ1n) is 12.9. The van der Waals surface area contributed by atoms with Gasteiger partial charge in [-0.1, -0.05) is 55.7 Å². The third-order valence-corrected chi connectivity index (χ3v) is 8.12. The van der Waals surface area contributed by atoms with Crippen molar-refractivity contribution >= 4 is 5.91 Å². The molecule has 0 bridgehead atoms. The van der Waals surface area contributed by atoms with Crippen molar-refractivity contribution in [2.24, 2.45) is 5.92 Å². The number of carbonyl (C=O) groups excluding carboxylic acids is 1. The van der Waals surface area contributed by atoms with Crippen LogP contribution in [-0.2, 0) is 19.5 Å². The second-order valence-corrected chi connectivity index (χ2v) is 10.9. The lowest BCUT2D eigenvalue weighted by atomic mass is 9.67. The van der Waals surface area contributed by atoms with E-state index in [-0.39, 0.29) is 29.1 Å². The maximum absolute atomic E-state index is 13.9. The summed E-state index contributed by atoms with van der Waals surface area (Å²) < 4.78 is 6.55. The van der Waals surface area contributed by atoms with Gasteiger partial charge in [0.2, 0.25) is 0 Å². The van der Waals surface area contributed by atoms with E-state index in [2.05, 4.69) is 52.0 Å². The van der Waals surface area contributed by atoms with Crippen LogP contribution in [0.3, 0.4) is 0 Å². The lowest BCUT2D eigenvalue weighted by molar-refractivity contribution is 0.0106. The van der Waals surface area contributed by atoms with Crippen LogP contribution >= 0.6 is 0 Å². The largest absolute Gasteiger partial charge is 0.507 e. The molecule has 0 saturated heterocycles. The highest BCUT2D eigenvalue weighted by Crippen LogP contribution is 2.54. The fourth-order valence-electron chi connectivity index (χ4n) is 6.25. The summed E-state index contributed by atoms with van der Waals surface area (Å²) in [6.07, 6.45) is 8.35. The molecule has 0 saturated carbocycles. The number of ether oxygens (including phenoxy) is 1. The predicted octanol–water partition coefficient (Wildman–Crippen LogP) is 6.89. The molecule has 2 unspecified atom stereocenters. The predicted molar refractivity (Wildman–Crippen MR) is 135 cm³/mol. The van der Waals surface area contributed by atoms with Gasteiger partial charge in [0.15, 0.2) is 0 Å². The number of phenolic OH excluding ortho intramolecular Hbond substituents is 1. The number of aryl methyl sites for hydroxylation is 1. The first-order valence-corrected chi connectivity index (χ1v) is 12.9. The first kappa shape index (κ1) is 23.0. The van der Waals surface area contributed by atoms with E-state index >= 15 is 0 Å². The van der Waals surface area contributed by atoms with Gasteiger partial charge in [-0.05, 0) is 69.2 Å². The summed E-state index contributed by atoms with van der Waals surface area (Å²) >= 11 is 0. The van der Waals surface area contributed by atoms with Crippen molar-refractivity contribution in [1.82, 2.24) is 4.90 Å². The van der Waals surface area contributed by atoms with Gasteiger partial charge < -0.3 is 14.7 Å². The number of rotatable bonds is 5. The Kier molecular flexibility index (Phi) is 5.95. The molecule has 4 heteroatoms. The van der Waals surface area contributed by atoms with E-state index in [1.807, 2.05) is 17.0 Å². The molecule has 1 amide bonds. The van der Waals surface area contributed by atoms with E-state index in [1.165, 1.54) is 16.7 Å². The lowest BCUT2D eigenvalue weighted by Gasteiger charge is -2.46. The van der Waals surface area contributed by atoms with E-state index in [0.29, 0.717) is 18.7 Å². The van der Waals surface area contributed by atoms with Crippen LogP contribution in [0.2, 0.25) is 0 Å². The minimum Gasteiger partial charge on any atom is -0.507 e. The lowest BCUT2D eigenvalue weighted by Crippen LogP contribution is -2.45. The van der Waals surface area contributed by atoms with Crippen molar-refractivity contribution in [3.05, 3.63) is 69.8 Å². The number of benzene rings is 2. The summed E-state index contributed by atoms with van der Waals surface area (Å²) in [5.74, 6) is 1.17. The standard InChI is InChI=1S/C30H37NO3/c1-5-6-7-10-20-16-25-27(23-15-19(2)13-14-24(23)30(3,4)34-25)28(32)26(20)29(33)31-17-21-11-8-9-12-22(21)18-31/h8-9,11-12,15-16,23-24,32H,5-7,10,13-14,17-18H2,1-4H3. The highest BCUT2D eigenvalue weighted by molar-refractivity contribution is 5.99. The summed E-state index contributed by atoms with van der Waals surface area (Å²) in [7, 11) is 0. The molecule has 1 N–H and O–H groups in total. The quantitative estimate of drug-likeness (QED) is 0.391. The molecule has 2 heterocycles. The van der Waals surface area contributed by atoms with E-state index < -0.39 is 0 Å². The zero-order valence-corrected chi connectivity index (χ0v) is 21.0. The summed E-state index contributed by atoms with van der Waals surface area (Å²) in [5.41, 5.74) is 5.62. The maximum atomic E-state index is 13.9. The molecule has 2 atom stereocenters. The van der Waals surface area contributed by atoms with Gasteiger partial charge in [0.1, 0.15) is 17.1 Å². The highest BCUT2D eigenvalue weighted by atomic mass is 16.5. The molecular weight excluding hydrogens is 422 g/mol. The monoisotopic (exact) mass is 459 g/mol. The van der Waals surface area contributed by atoms with E-state index in [4.69, 9.17) is 4.74 Å². The van der Waals surface area contributed by atoms with Crippen LogP contribution in [-0.4, -0.2) is 21.5 Å². The van der Waals surface area contributed by atoms with Crippen LogP contribution in [0, 0.1) is 5.92 Å². The van der Waals surface area contributed by atoms with E-state index in [9.17, 15) is 9.90 Å². The fraction of sp³-hybridized carbons (Fsp3) is 0.500. The van der Waals surface area contributed by atoms with Crippen LogP contribution in [0.25, 0.3) is 0 Å². The van der Waals surface area contributed by atoms with Crippen molar-refractivity contribution < 1.29 is 14.6 Å². The minimum atomic E-state index is -0.315. The normalized spacial score (nSPS) is 22.4. The topological polar surface area (TPSA) is 49.8 Å². The number of unbranched alkanes of at least 4 members (excludes halogenated alkanes) is 2. The van der Waals surface area contributed by atoms with Gasteiger partial charge in [-0.2, -0.15) is 0 Å². The Morgan fingerprint density at radius 2 is 1.88 bits per heavy atom. The number of phenols is 1. The summed E-state index contributed by atoms with van der Waals surface area (Å²) in [5, 5.41) is 11.8. The number of aromatic hydroxyl groups is 1. The smallest absolute Gasteiger partial charge is 0.258 e. The Labute approximate surface area is 203 Å². The van der Waals surface area contributed by atoms with Crippen LogP contribution < -0.4 is 4.74 Å². The molecule has 5 rings (SSSR count). The molecule has 0 spiro atoms. The Balaban J connectivity index is 1.60. The van der Waals surface area contributed by atoms with Crippen molar-refractivity contribution in [2.75, 3.05) is 0 Å². The van der Waals surface area contributed by atoms with Gasteiger partial charge in [0.25, 0.3) is 5.91 Å². The third kappa shape index (κ3) is 3.91. The molecular formula is C30H37NO3. The number of fused-ring (bicyclic) bond motifs is 4. The summed E-state index contributed by atoms with van der Waals surface area (Å²) in [6.45, 7) is 9.86. The van der Waals surface area contributed by atoms with Gasteiger partial charge in [0.05, 0.1) is 5.56 Å². The van der Waals surface area contributed by atoms with E-state index in [1.54, 1.807) is 0 Å². The number of hydrogen-bond donors (Lipinski definition) is 1. The number of hydrogen-bond acceptors (Lipinski definition) is 3. The van der Waals surface area contributed by atoms with Crippen molar-refractivity contribution in [3.8, 4) is 11.5 Å². The number of amides is 1. The van der Waals surface area contributed by atoms with Crippen LogP contribution in [0.1, 0.15) is 98.3 Å². The van der Waals surface area contributed by atoms with Crippen molar-refractivity contribution in [2.45, 2.75) is 90.8 Å². The number of allylic oxidation sites excluding steroid dienone is 2. The molecule has 1 aliphatic carbocycles. The molecule has 34 heavy (non-hydrogen) atoms. The van der Waals surface area contributed by atoms with Crippen molar-refractivity contribution in [3.63, 3.8) is 0 Å². The van der Waals surface area contributed by atoms with Crippen molar-refractivity contribution in [1.29, 1.82) is 0 Å². The Morgan fingerprint density at radius 1 is 1.18 bits per heavy atom. The molecule has 0 fully saturated rings. The maximum Gasteiger partial charge on any atom is 0.258 e. The van der Waals surface area contributed by atoms with Crippen LogP contribution in [0.4, 0.5) is 0 Å². The first-order chi connectivity index (χ1) is 16.3. The van der Waals surface area contributed by atoms with Gasteiger partial charge >= 0.3 is 0 Å². The fourth-order valence-corrected chi connectivity index (χ4v) is 6.25. The second kappa shape index (κ2) is 8.79. The number of nitrogens with zero attached hydrogens (tertiary/aromatic N) is 1. The van der Waals surface area contributed by atoms with Crippen LogP contribution in [0.15, 0.2) is 42.0 Å². The SMILES string of the molecule is CCCCCc1cc2c(c(O)c1C(=O)N1Cc3ccccc3C1)C1C=C(C)CCC1C(C)(C)O2. The zero-order valence-electron chi connectivity index (χ0n) is 21.0. The van der Waals surface area contributed by atoms with Gasteiger partial charge in [-0.25, -0.2) is 0 Å². The molecule has 2 aromatic carbocycles. The second-order valence-electron chi connectivity index (χ2n) is 10.9. The Morgan fingerprint density at radius 3 is 2.56 bits per heavy atom. The average Bonchev–Trinajstić information content (AvgIpc) is 3.22. The molecule has 4 nitrogen and oxygen atoms in total. The summed E-state index contributed by atoms with van der Waals surface area (Å²) in [6, 6.07) is 10.3. The molecule has 2 aliphatic heterocycles. The van der Waals surface area contributed by atoms with Gasteiger partial charge in [-0.3, -0.25) is 4.79 Å². The minimum absolute atomic E-state index is 0.0686. The molecule has 3 aliphatic rings. The van der Waals surface area contributed by atoms with Gasteiger partial charge in [0, 0.05) is 30.5 Å². The average molecular weight is 460 g/mol. The molecule has 2 aromatic rings. The Bertz CT molecular complexity index is 1120. The third-order valence-electron chi connectivity index (χ3n) is 8.12. The summed E-state index contributed by atoms with van der Waals surface area (Å²) in [4.78, 5) is 15.8. The zero-order chi connectivity index (χ0) is 24.0.